The first-order chi connectivity index (χ1) is 18.7. The van der Waals surface area contributed by atoms with E-state index in [-0.39, 0.29) is 6.61 Å². The first-order valence-corrected chi connectivity index (χ1v) is 14.9. The van der Waals surface area contributed by atoms with Crippen LogP contribution in [0.2, 0.25) is 0 Å². The van der Waals surface area contributed by atoms with E-state index in [1.165, 1.54) is 0 Å². The molecule has 216 valence electrons. The number of ether oxygens (including phenoxy) is 2. The normalized spacial score (nSPS) is 20.2. The summed E-state index contributed by atoms with van der Waals surface area (Å²) >= 11 is -1.54. The molecule has 3 rings (SSSR count). The van der Waals surface area contributed by atoms with Gasteiger partial charge in [-0.25, -0.2) is 9.59 Å². The third-order valence-electron chi connectivity index (χ3n) is 6.50. The molecule has 0 radical (unpaired) electrons. The number of nitrogens with zero attached hydrogens (tertiary/aromatic N) is 1. The Kier molecular flexibility index (Phi) is 10.3. The van der Waals surface area contributed by atoms with Crippen LogP contribution in [0.25, 0.3) is 11.1 Å². The predicted molar refractivity (Wildman–Crippen MR) is 160 cm³/mol. The van der Waals surface area contributed by atoms with Gasteiger partial charge in [-0.05, 0) is 84.4 Å². The number of likely N-dealkylation sites (tertiary alicyclic amines) is 1. The molecule has 8 heteroatoms. The molecular weight excluding hydrogens is 524 g/mol. The molecule has 1 amide bonds. The number of benzene rings is 2. The highest BCUT2D eigenvalue weighted by molar-refractivity contribution is 7.90. The molecule has 2 aromatic carbocycles. The fraction of sp³-hybridized carbons (Fsp3) is 0.500. The van der Waals surface area contributed by atoms with Crippen molar-refractivity contribution in [3.63, 3.8) is 0 Å². The summed E-state index contributed by atoms with van der Waals surface area (Å²) in [4.78, 5) is 27.6. The van der Waals surface area contributed by atoms with E-state index in [0.29, 0.717) is 25.8 Å². The van der Waals surface area contributed by atoms with Gasteiger partial charge in [-0.1, -0.05) is 60.5 Å². The van der Waals surface area contributed by atoms with Crippen LogP contribution in [0.5, 0.6) is 0 Å². The van der Waals surface area contributed by atoms with Crippen molar-refractivity contribution >= 4 is 23.4 Å². The zero-order chi connectivity index (χ0) is 29.6. The molecule has 7 nitrogen and oxygen atoms in total. The fourth-order valence-electron chi connectivity index (χ4n) is 4.61. The van der Waals surface area contributed by atoms with Crippen molar-refractivity contribution in [2.24, 2.45) is 0 Å². The summed E-state index contributed by atoms with van der Waals surface area (Å²) in [6.45, 7) is 13.5. The summed E-state index contributed by atoms with van der Waals surface area (Å²) in [7, 11) is 0. The Labute approximate surface area is 242 Å². The molecule has 2 aromatic rings. The van der Waals surface area contributed by atoms with Crippen molar-refractivity contribution in [3.05, 3.63) is 60.2 Å². The van der Waals surface area contributed by atoms with Gasteiger partial charge in [-0.3, -0.25) is 0 Å². The number of hydrogen-bond donors (Lipinski definition) is 1. The van der Waals surface area contributed by atoms with Gasteiger partial charge in [0.1, 0.15) is 15.9 Å². The summed E-state index contributed by atoms with van der Waals surface area (Å²) in [5, 5.41) is 0. The lowest BCUT2D eigenvalue weighted by atomic mass is 9.79. The van der Waals surface area contributed by atoms with E-state index in [1.54, 1.807) is 11.8 Å². The molecule has 1 aliphatic rings. The second kappa shape index (κ2) is 13.1. The quantitative estimate of drug-likeness (QED) is 0.210. The monoisotopic (exact) mass is 566 g/mol. The van der Waals surface area contributed by atoms with Crippen LogP contribution >= 0.6 is 0 Å². The molecule has 1 unspecified atom stereocenters. The average molecular weight is 567 g/mol. The predicted octanol–water partition coefficient (Wildman–Crippen LogP) is 5.65. The Morgan fingerprint density at radius 3 is 2.38 bits per heavy atom. The van der Waals surface area contributed by atoms with E-state index in [9.17, 15) is 14.1 Å². The zero-order valence-corrected chi connectivity index (χ0v) is 25.5. The van der Waals surface area contributed by atoms with Crippen LogP contribution in [0, 0.1) is 11.8 Å². The van der Waals surface area contributed by atoms with Gasteiger partial charge in [0.25, 0.3) is 0 Å². The van der Waals surface area contributed by atoms with Gasteiger partial charge in [0.05, 0.1) is 12.6 Å². The highest BCUT2D eigenvalue weighted by Gasteiger charge is 2.51. The largest absolute Gasteiger partial charge is 0.598 e. The molecule has 40 heavy (non-hydrogen) atoms. The van der Waals surface area contributed by atoms with E-state index in [0.717, 1.165) is 16.7 Å². The van der Waals surface area contributed by atoms with Crippen molar-refractivity contribution in [2.75, 3.05) is 13.2 Å². The van der Waals surface area contributed by atoms with Crippen LogP contribution in [-0.2, 0) is 32.1 Å². The lowest BCUT2D eigenvalue weighted by molar-refractivity contribution is -0.136. The number of piperidine rings is 1. The molecule has 0 aromatic heterocycles. The summed E-state index contributed by atoms with van der Waals surface area (Å²) in [6, 6.07) is 17.6. The lowest BCUT2D eigenvalue weighted by Gasteiger charge is -2.47. The van der Waals surface area contributed by atoms with Crippen molar-refractivity contribution < 1.29 is 23.6 Å². The van der Waals surface area contributed by atoms with E-state index >= 15 is 0 Å². The fourth-order valence-corrected chi connectivity index (χ4v) is 5.54. The van der Waals surface area contributed by atoms with Crippen LogP contribution < -0.4 is 4.72 Å². The Morgan fingerprint density at radius 1 is 1.07 bits per heavy atom. The van der Waals surface area contributed by atoms with E-state index in [4.69, 9.17) is 9.47 Å². The van der Waals surface area contributed by atoms with Gasteiger partial charge < -0.3 is 18.9 Å². The highest BCUT2D eigenvalue weighted by atomic mass is 32.2. The minimum Gasteiger partial charge on any atom is -0.598 e. The smallest absolute Gasteiger partial charge is 0.410 e. The lowest BCUT2D eigenvalue weighted by Crippen LogP contribution is -2.68. The Morgan fingerprint density at radius 2 is 1.75 bits per heavy atom. The van der Waals surface area contributed by atoms with E-state index < -0.39 is 45.4 Å². The van der Waals surface area contributed by atoms with Crippen molar-refractivity contribution in [2.45, 2.75) is 89.7 Å². The maximum atomic E-state index is 13.6. The average Bonchev–Trinajstić information content (AvgIpc) is 2.88. The molecule has 3 atom stereocenters. The molecule has 0 bridgehead atoms. The first-order valence-electron chi connectivity index (χ1n) is 13.8. The maximum Gasteiger partial charge on any atom is 0.410 e. The van der Waals surface area contributed by atoms with Gasteiger partial charge in [-0.2, -0.15) is 0 Å². The standard InChI is InChI=1S/C32H42N2O5S/c1-8-38-28(35)18-20-32(33-40(37)31(5,6)7)19-13-21-34(29(36)39-30(2,3)4)27(32)23-24-14-12-17-26(22-24)25-15-10-9-11-16-25/h9-12,14-17,22,27,33H,8,13,19,21,23H2,1-7H3/t27-,32-,40?/m1/s1. The van der Waals surface area contributed by atoms with Crippen LogP contribution in [0.1, 0.15) is 66.9 Å². The van der Waals surface area contributed by atoms with Gasteiger partial charge in [0.15, 0.2) is 0 Å². The highest BCUT2D eigenvalue weighted by Crippen LogP contribution is 2.34. The number of hydrogen-bond acceptors (Lipinski definition) is 6. The second-order valence-electron chi connectivity index (χ2n) is 12.0. The molecule has 0 saturated carbocycles. The number of carbonyl (C=O) groups excluding carboxylic acids is 2. The number of esters is 1. The Hall–Kier alpha value is -2.99. The number of amides is 1. The Bertz CT molecular complexity index is 1230. The molecule has 1 heterocycles. The van der Waals surface area contributed by atoms with Crippen molar-refractivity contribution in [1.29, 1.82) is 0 Å². The van der Waals surface area contributed by atoms with Gasteiger partial charge in [0, 0.05) is 23.8 Å². The minimum absolute atomic E-state index is 0.196. The van der Waals surface area contributed by atoms with Crippen molar-refractivity contribution in [1.82, 2.24) is 9.62 Å². The third kappa shape index (κ3) is 8.50. The number of carbonyl (C=O) groups is 2. The van der Waals surface area contributed by atoms with Crippen molar-refractivity contribution in [3.8, 4) is 23.0 Å². The molecule has 1 N–H and O–H groups in total. The van der Waals surface area contributed by atoms with Crippen LogP contribution in [0.4, 0.5) is 4.79 Å². The van der Waals surface area contributed by atoms with Crippen LogP contribution in [0.15, 0.2) is 54.6 Å². The minimum atomic E-state index is -1.54. The molecule has 0 aliphatic carbocycles. The zero-order valence-electron chi connectivity index (χ0n) is 24.7. The third-order valence-corrected chi connectivity index (χ3v) is 8.16. The first kappa shape index (κ1) is 31.5. The topological polar surface area (TPSA) is 90.9 Å². The molecule has 1 aliphatic heterocycles. The molecule has 0 spiro atoms. The molecule has 1 fully saturated rings. The van der Waals surface area contributed by atoms with Crippen LogP contribution in [0.3, 0.4) is 0 Å². The summed E-state index contributed by atoms with van der Waals surface area (Å²) in [5.74, 6) is 5.07. The number of nitrogens with one attached hydrogen (secondary N) is 1. The summed E-state index contributed by atoms with van der Waals surface area (Å²) in [6.07, 6.45) is 1.02. The SMILES string of the molecule is CCOC(=O)C#C[C@]1(N[S+]([O-])C(C)(C)C)CCCN(C(=O)OC(C)(C)C)[C@@H]1Cc1cccc(-c2ccccc2)c1. The van der Waals surface area contributed by atoms with E-state index in [1.807, 2.05) is 77.9 Å². The summed E-state index contributed by atoms with van der Waals surface area (Å²) < 4.78 is 27.1. The number of rotatable bonds is 6. The second-order valence-corrected chi connectivity index (χ2v) is 14.0. The summed E-state index contributed by atoms with van der Waals surface area (Å²) in [5.41, 5.74) is 1.26. The maximum absolute atomic E-state index is 13.6. The Balaban J connectivity index is 2.13. The molecular formula is C32H42N2O5S. The van der Waals surface area contributed by atoms with E-state index in [2.05, 4.69) is 34.8 Å². The van der Waals surface area contributed by atoms with Crippen LogP contribution in [-0.4, -0.2) is 56.6 Å². The molecule has 1 saturated heterocycles. The van der Waals surface area contributed by atoms with Gasteiger partial charge in [-0.15, -0.1) is 4.72 Å². The van der Waals surface area contributed by atoms with Gasteiger partial charge >= 0.3 is 12.1 Å². The van der Waals surface area contributed by atoms with Gasteiger partial charge in [0.2, 0.25) is 0 Å².